The largest absolute Gasteiger partial charge is 0.465 e. The maximum Gasteiger partial charge on any atom is 0.199 e. The normalized spacial score (nSPS) is 17.4. The summed E-state index contributed by atoms with van der Waals surface area (Å²) in [6.45, 7) is 19.6. The maximum absolute atomic E-state index is 6.23. The summed E-state index contributed by atoms with van der Waals surface area (Å²) in [5, 5.41) is 0. The van der Waals surface area contributed by atoms with Crippen molar-refractivity contribution in [2.45, 2.75) is 55.4 Å². The SMILES string of the molecule is CC[N+](CC)=C1C=CC(=CC=C2C=C(C(C)(C)C)OC(C(C)(C)C)=C2)C=C1. The average Bonchev–Trinajstić information content (AvgIpc) is 2.60. The van der Waals surface area contributed by atoms with Crippen LogP contribution in [0.4, 0.5) is 0 Å². The van der Waals surface area contributed by atoms with Gasteiger partial charge in [-0.05, 0) is 49.3 Å². The molecular weight excluding hydrogens is 330 g/mol. The van der Waals surface area contributed by atoms with Gasteiger partial charge in [0.25, 0.3) is 0 Å². The highest BCUT2D eigenvalue weighted by Gasteiger charge is 2.28. The average molecular weight is 367 g/mol. The van der Waals surface area contributed by atoms with Crippen LogP contribution in [0.25, 0.3) is 0 Å². The fraction of sp³-hybridized carbons (Fsp3) is 0.480. The molecule has 1 aliphatic carbocycles. The first kappa shape index (κ1) is 21.2. The third-order valence-corrected chi connectivity index (χ3v) is 4.78. The van der Waals surface area contributed by atoms with Crippen LogP contribution >= 0.6 is 0 Å². The van der Waals surface area contributed by atoms with Gasteiger partial charge in [0.2, 0.25) is 0 Å². The van der Waals surface area contributed by atoms with Crippen LogP contribution in [0.1, 0.15) is 55.4 Å². The molecular formula is C25H36NO+. The molecule has 2 nitrogen and oxygen atoms in total. The van der Waals surface area contributed by atoms with Crippen molar-refractivity contribution in [3.8, 4) is 0 Å². The van der Waals surface area contributed by atoms with Gasteiger partial charge in [-0.15, -0.1) is 0 Å². The second-order valence-corrected chi connectivity index (χ2v) is 9.22. The molecule has 0 spiro atoms. The lowest BCUT2D eigenvalue weighted by Gasteiger charge is -2.32. The van der Waals surface area contributed by atoms with Crippen LogP contribution in [0, 0.1) is 10.8 Å². The monoisotopic (exact) mass is 366 g/mol. The van der Waals surface area contributed by atoms with E-state index in [1.165, 1.54) is 16.9 Å². The zero-order valence-electron chi connectivity index (χ0n) is 18.4. The Morgan fingerprint density at radius 1 is 0.741 bits per heavy atom. The number of hydrogen-bond acceptors (Lipinski definition) is 1. The molecule has 0 aromatic heterocycles. The molecule has 0 aromatic carbocycles. The third kappa shape index (κ3) is 5.69. The lowest BCUT2D eigenvalue weighted by atomic mass is 9.87. The fourth-order valence-corrected chi connectivity index (χ4v) is 2.93. The minimum absolute atomic E-state index is 0.0186. The third-order valence-electron chi connectivity index (χ3n) is 4.78. The maximum atomic E-state index is 6.23. The number of nitrogens with zero attached hydrogens (tertiary/aromatic N) is 1. The van der Waals surface area contributed by atoms with E-state index in [0.29, 0.717) is 0 Å². The Balaban J connectivity index is 2.33. The zero-order valence-corrected chi connectivity index (χ0v) is 18.4. The van der Waals surface area contributed by atoms with E-state index in [4.69, 9.17) is 4.74 Å². The summed E-state index contributed by atoms with van der Waals surface area (Å²) >= 11 is 0. The summed E-state index contributed by atoms with van der Waals surface area (Å²) in [5.74, 6) is 2.04. The van der Waals surface area contributed by atoms with Gasteiger partial charge in [-0.25, -0.2) is 4.58 Å². The molecule has 0 aromatic rings. The minimum atomic E-state index is -0.0186. The van der Waals surface area contributed by atoms with E-state index in [0.717, 1.165) is 24.6 Å². The van der Waals surface area contributed by atoms with Gasteiger partial charge in [0.15, 0.2) is 5.71 Å². The highest BCUT2D eigenvalue weighted by Crippen LogP contribution is 2.38. The molecule has 146 valence electrons. The fourth-order valence-electron chi connectivity index (χ4n) is 2.93. The molecule has 2 rings (SSSR count). The Morgan fingerprint density at radius 3 is 1.59 bits per heavy atom. The van der Waals surface area contributed by atoms with Gasteiger partial charge in [-0.1, -0.05) is 53.7 Å². The highest BCUT2D eigenvalue weighted by molar-refractivity contribution is 6.02. The molecule has 1 heterocycles. The predicted octanol–water partition coefficient (Wildman–Crippen LogP) is 6.35. The van der Waals surface area contributed by atoms with E-state index >= 15 is 0 Å². The second-order valence-electron chi connectivity index (χ2n) is 9.22. The Labute approximate surface area is 166 Å². The van der Waals surface area contributed by atoms with Crippen LogP contribution in [0.5, 0.6) is 0 Å². The quantitative estimate of drug-likeness (QED) is 0.530. The molecule has 0 saturated carbocycles. The molecule has 0 radical (unpaired) electrons. The highest BCUT2D eigenvalue weighted by atomic mass is 16.5. The Bertz CT molecular complexity index is 725. The lowest BCUT2D eigenvalue weighted by molar-refractivity contribution is -0.519. The van der Waals surface area contributed by atoms with E-state index in [1.807, 2.05) is 0 Å². The molecule has 0 bridgehead atoms. The minimum Gasteiger partial charge on any atom is -0.465 e. The van der Waals surface area contributed by atoms with Gasteiger partial charge in [0.05, 0.1) is 0 Å². The van der Waals surface area contributed by atoms with Crippen LogP contribution in [0.2, 0.25) is 0 Å². The van der Waals surface area contributed by atoms with Crippen molar-refractivity contribution in [1.29, 1.82) is 0 Å². The van der Waals surface area contributed by atoms with Crippen molar-refractivity contribution < 1.29 is 9.31 Å². The molecule has 27 heavy (non-hydrogen) atoms. The molecule has 0 saturated heterocycles. The first-order chi connectivity index (χ1) is 12.5. The van der Waals surface area contributed by atoms with Crippen molar-refractivity contribution in [2.75, 3.05) is 13.1 Å². The lowest BCUT2D eigenvalue weighted by Crippen LogP contribution is -2.21. The van der Waals surface area contributed by atoms with Crippen molar-refractivity contribution in [1.82, 2.24) is 0 Å². The van der Waals surface area contributed by atoms with Gasteiger partial charge in [-0.2, -0.15) is 0 Å². The van der Waals surface area contributed by atoms with E-state index in [2.05, 4.69) is 109 Å². The first-order valence-corrected chi connectivity index (χ1v) is 10.1. The summed E-state index contributed by atoms with van der Waals surface area (Å²) in [6, 6.07) is 0. The molecule has 0 fully saturated rings. The predicted molar refractivity (Wildman–Crippen MR) is 117 cm³/mol. The zero-order chi connectivity index (χ0) is 20.2. The van der Waals surface area contributed by atoms with Crippen LogP contribution in [0.15, 0.2) is 71.3 Å². The van der Waals surface area contributed by atoms with E-state index in [-0.39, 0.29) is 10.8 Å². The number of ether oxygens (including phenoxy) is 1. The molecule has 0 amide bonds. The topological polar surface area (TPSA) is 12.2 Å². The summed E-state index contributed by atoms with van der Waals surface area (Å²) < 4.78 is 8.58. The summed E-state index contributed by atoms with van der Waals surface area (Å²) in [7, 11) is 0. The van der Waals surface area contributed by atoms with Crippen molar-refractivity contribution in [2.24, 2.45) is 10.8 Å². The summed E-state index contributed by atoms with van der Waals surface area (Å²) in [4.78, 5) is 0. The molecule has 0 N–H and O–H groups in total. The summed E-state index contributed by atoms with van der Waals surface area (Å²) in [5.41, 5.74) is 3.63. The number of rotatable bonds is 3. The summed E-state index contributed by atoms with van der Waals surface area (Å²) in [6.07, 6.45) is 17.5. The second kappa shape index (κ2) is 8.29. The van der Waals surface area contributed by atoms with Crippen LogP contribution in [-0.2, 0) is 4.74 Å². The Morgan fingerprint density at radius 2 is 1.19 bits per heavy atom. The molecule has 1 aliphatic heterocycles. The Kier molecular flexibility index (Phi) is 6.51. The smallest absolute Gasteiger partial charge is 0.199 e. The van der Waals surface area contributed by atoms with Crippen LogP contribution in [0.3, 0.4) is 0 Å². The van der Waals surface area contributed by atoms with Crippen LogP contribution < -0.4 is 0 Å². The molecule has 0 unspecified atom stereocenters. The standard InChI is InChI=1S/C25H36NO/c1-9-26(10-2)21-15-13-19(14-16-21)11-12-20-17-22(24(3,4)5)27-23(18-20)25(6,7)8/h11-18H,9-10H2,1-8H3/q+1. The van der Waals surface area contributed by atoms with E-state index in [9.17, 15) is 0 Å². The van der Waals surface area contributed by atoms with E-state index in [1.54, 1.807) is 0 Å². The molecule has 2 aliphatic rings. The first-order valence-electron chi connectivity index (χ1n) is 10.1. The van der Waals surface area contributed by atoms with Crippen molar-refractivity contribution in [3.63, 3.8) is 0 Å². The Hall–Kier alpha value is -2.09. The molecule has 0 atom stereocenters. The van der Waals surface area contributed by atoms with Gasteiger partial charge in [-0.3, -0.25) is 0 Å². The van der Waals surface area contributed by atoms with E-state index < -0.39 is 0 Å². The van der Waals surface area contributed by atoms with Crippen molar-refractivity contribution in [3.05, 3.63) is 71.3 Å². The van der Waals surface area contributed by atoms with Gasteiger partial charge >= 0.3 is 0 Å². The number of hydrogen-bond donors (Lipinski definition) is 0. The van der Waals surface area contributed by atoms with Crippen molar-refractivity contribution >= 4 is 5.71 Å². The molecule has 2 heteroatoms. The van der Waals surface area contributed by atoms with Gasteiger partial charge < -0.3 is 4.74 Å². The van der Waals surface area contributed by atoms with Gasteiger partial charge in [0, 0.05) is 23.0 Å². The number of allylic oxidation sites excluding steroid dienone is 12. The van der Waals surface area contributed by atoms with Gasteiger partial charge in [0.1, 0.15) is 24.6 Å². The van der Waals surface area contributed by atoms with Crippen LogP contribution in [-0.4, -0.2) is 23.4 Å².